The molecule has 0 N–H and O–H groups in total. The Kier molecular flexibility index (Phi) is 7.37. The maximum atomic E-state index is 13.0. The zero-order chi connectivity index (χ0) is 21.8. The molecule has 0 spiro atoms. The Hall–Kier alpha value is -2.11. The van der Waals surface area contributed by atoms with Crippen molar-refractivity contribution in [1.29, 1.82) is 5.26 Å². The largest absolute Gasteiger partial charge is 0.357 e. The fourth-order valence-corrected chi connectivity index (χ4v) is 5.33. The van der Waals surface area contributed by atoms with Crippen LogP contribution in [0.3, 0.4) is 0 Å². The predicted molar refractivity (Wildman–Crippen MR) is 127 cm³/mol. The summed E-state index contributed by atoms with van der Waals surface area (Å²) in [7, 11) is 1.71. The first-order valence-corrected chi connectivity index (χ1v) is 11.8. The lowest BCUT2D eigenvalue weighted by Gasteiger charge is -2.32. The number of aromatic nitrogens is 1. The zero-order valence-electron chi connectivity index (χ0n) is 17.9. The first-order chi connectivity index (χ1) is 14.4. The number of hydrogen-bond donors (Lipinski definition) is 0. The van der Waals surface area contributed by atoms with Gasteiger partial charge in [0.05, 0.1) is 4.91 Å². The highest BCUT2D eigenvalue weighted by molar-refractivity contribution is 8.26. The average molecular weight is 445 g/mol. The first kappa shape index (κ1) is 22.6. The molecule has 1 amide bonds. The minimum atomic E-state index is -0.292. The monoisotopic (exact) mass is 444 g/mol. The molecular weight excluding hydrogens is 416 g/mol. The summed E-state index contributed by atoms with van der Waals surface area (Å²) >= 11 is 6.76. The standard InChI is InChI=1S/C22H28N4O2S2/c1-4-5-7-12-26-21(28)18(30-22(26)29)13-16-15(2)17(14-23)20(27)24(3)19(16)25-10-8-6-9-11-25/h13H,4-12H2,1-3H3/b18-13-. The van der Waals surface area contributed by atoms with Crippen LogP contribution in [0.15, 0.2) is 9.70 Å². The van der Waals surface area contributed by atoms with E-state index in [0.717, 1.165) is 56.6 Å². The first-order valence-electron chi connectivity index (χ1n) is 10.5. The lowest BCUT2D eigenvalue weighted by molar-refractivity contribution is -0.122. The Balaban J connectivity index is 2.07. The van der Waals surface area contributed by atoms with Gasteiger partial charge in [-0.1, -0.05) is 43.7 Å². The van der Waals surface area contributed by atoms with Gasteiger partial charge in [0, 0.05) is 32.2 Å². The average Bonchev–Trinajstić information content (AvgIpc) is 3.01. The molecule has 2 fully saturated rings. The second-order valence-electron chi connectivity index (χ2n) is 7.80. The summed E-state index contributed by atoms with van der Waals surface area (Å²) < 4.78 is 2.13. The maximum absolute atomic E-state index is 13.0. The van der Waals surface area contributed by atoms with Gasteiger partial charge in [-0.15, -0.1) is 0 Å². The molecule has 0 aliphatic carbocycles. The number of thioether (sulfide) groups is 1. The smallest absolute Gasteiger partial charge is 0.270 e. The summed E-state index contributed by atoms with van der Waals surface area (Å²) in [5.74, 6) is 0.699. The Labute approximate surface area is 187 Å². The number of carbonyl (C=O) groups excluding carboxylic acids is 1. The molecule has 0 unspecified atom stereocenters. The van der Waals surface area contributed by atoms with E-state index in [2.05, 4.69) is 17.9 Å². The molecule has 0 bridgehead atoms. The van der Waals surface area contributed by atoms with E-state index in [0.29, 0.717) is 21.3 Å². The fourth-order valence-electron chi connectivity index (χ4n) is 4.04. The van der Waals surface area contributed by atoms with Gasteiger partial charge < -0.3 is 4.90 Å². The topological polar surface area (TPSA) is 69.3 Å². The van der Waals surface area contributed by atoms with Crippen LogP contribution in [0.4, 0.5) is 5.82 Å². The van der Waals surface area contributed by atoms with Crippen molar-refractivity contribution in [1.82, 2.24) is 9.47 Å². The third-order valence-corrected chi connectivity index (χ3v) is 7.14. The highest BCUT2D eigenvalue weighted by atomic mass is 32.2. The molecule has 2 saturated heterocycles. The van der Waals surface area contributed by atoms with Crippen molar-refractivity contribution >= 4 is 46.1 Å². The van der Waals surface area contributed by atoms with Crippen molar-refractivity contribution < 1.29 is 4.79 Å². The molecule has 30 heavy (non-hydrogen) atoms. The van der Waals surface area contributed by atoms with E-state index in [-0.39, 0.29) is 17.0 Å². The van der Waals surface area contributed by atoms with Crippen molar-refractivity contribution in [3.8, 4) is 6.07 Å². The Morgan fingerprint density at radius 3 is 2.53 bits per heavy atom. The van der Waals surface area contributed by atoms with E-state index in [1.165, 1.54) is 18.2 Å². The van der Waals surface area contributed by atoms with Crippen LogP contribution in [0.2, 0.25) is 0 Å². The van der Waals surface area contributed by atoms with Gasteiger partial charge in [-0.05, 0) is 44.2 Å². The number of thiocarbonyl (C=S) groups is 1. The molecule has 6 nitrogen and oxygen atoms in total. The molecular formula is C22H28N4O2S2. The number of piperidine rings is 1. The Bertz CT molecular complexity index is 984. The Morgan fingerprint density at radius 1 is 1.20 bits per heavy atom. The molecule has 0 atom stereocenters. The van der Waals surface area contributed by atoms with E-state index < -0.39 is 0 Å². The van der Waals surface area contributed by atoms with Crippen LogP contribution in [-0.4, -0.2) is 39.3 Å². The van der Waals surface area contributed by atoms with Gasteiger partial charge in [0.2, 0.25) is 0 Å². The van der Waals surface area contributed by atoms with Gasteiger partial charge in [0.25, 0.3) is 11.5 Å². The quantitative estimate of drug-likeness (QED) is 0.376. The van der Waals surface area contributed by atoms with Gasteiger partial charge in [-0.2, -0.15) is 5.26 Å². The molecule has 1 aromatic heterocycles. The summed E-state index contributed by atoms with van der Waals surface area (Å²) in [6.45, 7) is 6.27. The van der Waals surface area contributed by atoms with Crippen molar-refractivity contribution in [3.05, 3.63) is 31.9 Å². The van der Waals surface area contributed by atoms with E-state index in [4.69, 9.17) is 12.2 Å². The van der Waals surface area contributed by atoms with Crippen LogP contribution in [-0.2, 0) is 11.8 Å². The minimum absolute atomic E-state index is 0.0857. The molecule has 3 heterocycles. The fraction of sp³-hybridized carbons (Fsp3) is 0.545. The number of nitrogens with zero attached hydrogens (tertiary/aromatic N) is 4. The van der Waals surface area contributed by atoms with Gasteiger partial charge in [0.1, 0.15) is 21.8 Å². The molecule has 0 saturated carbocycles. The van der Waals surface area contributed by atoms with Gasteiger partial charge in [-0.25, -0.2) is 0 Å². The van der Waals surface area contributed by atoms with Crippen LogP contribution in [0.5, 0.6) is 0 Å². The third-order valence-electron chi connectivity index (χ3n) is 5.76. The highest BCUT2D eigenvalue weighted by Gasteiger charge is 2.32. The van der Waals surface area contributed by atoms with E-state index in [9.17, 15) is 14.9 Å². The molecule has 0 radical (unpaired) electrons. The normalized spacial score (nSPS) is 18.4. The van der Waals surface area contributed by atoms with Crippen molar-refractivity contribution in [3.63, 3.8) is 0 Å². The number of carbonyl (C=O) groups is 1. The summed E-state index contributed by atoms with van der Waals surface area (Å²) in [5, 5.41) is 9.57. The molecule has 160 valence electrons. The number of pyridine rings is 1. The second kappa shape index (κ2) is 9.80. The zero-order valence-corrected chi connectivity index (χ0v) is 19.5. The minimum Gasteiger partial charge on any atom is -0.357 e. The number of unbranched alkanes of at least 4 members (excludes halogenated alkanes) is 2. The number of anilines is 1. The summed E-state index contributed by atoms with van der Waals surface area (Å²) in [5.41, 5.74) is 1.23. The second-order valence-corrected chi connectivity index (χ2v) is 9.48. The number of rotatable bonds is 6. The Morgan fingerprint density at radius 2 is 1.90 bits per heavy atom. The van der Waals surface area contributed by atoms with Gasteiger partial charge in [0.15, 0.2) is 0 Å². The van der Waals surface area contributed by atoms with E-state index in [1.807, 2.05) is 6.08 Å². The highest BCUT2D eigenvalue weighted by Crippen LogP contribution is 2.36. The van der Waals surface area contributed by atoms with Gasteiger partial charge >= 0.3 is 0 Å². The van der Waals surface area contributed by atoms with Gasteiger partial charge in [-0.3, -0.25) is 19.1 Å². The van der Waals surface area contributed by atoms with Crippen molar-refractivity contribution in [2.75, 3.05) is 24.5 Å². The van der Waals surface area contributed by atoms with Crippen molar-refractivity contribution in [2.45, 2.75) is 52.4 Å². The van der Waals surface area contributed by atoms with E-state index >= 15 is 0 Å². The number of amides is 1. The third kappa shape index (κ3) is 4.33. The maximum Gasteiger partial charge on any atom is 0.270 e. The summed E-state index contributed by atoms with van der Waals surface area (Å²) in [6.07, 6.45) is 8.19. The van der Waals surface area contributed by atoms with Crippen LogP contribution >= 0.6 is 24.0 Å². The SMILES string of the molecule is CCCCCN1C(=O)/C(=C/c2c(C)c(C#N)c(=O)n(C)c2N2CCCCC2)SC1=S. The summed E-state index contributed by atoms with van der Waals surface area (Å²) in [4.78, 5) is 30.2. The molecule has 0 aromatic carbocycles. The van der Waals surface area contributed by atoms with Crippen LogP contribution in [0, 0.1) is 18.3 Å². The lowest BCUT2D eigenvalue weighted by Crippen LogP contribution is -2.36. The molecule has 2 aliphatic rings. The predicted octanol–water partition coefficient (Wildman–Crippen LogP) is 3.95. The molecule has 1 aromatic rings. The number of nitriles is 1. The molecule has 8 heteroatoms. The number of hydrogen-bond acceptors (Lipinski definition) is 6. The molecule has 2 aliphatic heterocycles. The van der Waals surface area contributed by atoms with Crippen LogP contribution < -0.4 is 10.5 Å². The van der Waals surface area contributed by atoms with Crippen molar-refractivity contribution in [2.24, 2.45) is 7.05 Å². The molecule has 3 rings (SSSR count). The van der Waals surface area contributed by atoms with E-state index in [1.54, 1.807) is 23.4 Å². The van der Waals surface area contributed by atoms with Crippen LogP contribution in [0.25, 0.3) is 6.08 Å². The summed E-state index contributed by atoms with van der Waals surface area (Å²) in [6, 6.07) is 2.05. The van der Waals surface area contributed by atoms with Crippen LogP contribution in [0.1, 0.15) is 62.1 Å². The lowest BCUT2D eigenvalue weighted by atomic mass is 10.0.